The Balaban J connectivity index is 1.63. The van der Waals surface area contributed by atoms with E-state index < -0.39 is 0 Å². The van der Waals surface area contributed by atoms with Gasteiger partial charge in [-0.05, 0) is 29.8 Å². The SMILES string of the molecule is O=C(CCSc1ccccc1)NNC(=O)Cc1ccc(Cl)cc1. The van der Waals surface area contributed by atoms with Crippen molar-refractivity contribution in [2.24, 2.45) is 0 Å². The van der Waals surface area contributed by atoms with Gasteiger partial charge in [-0.3, -0.25) is 20.4 Å². The first kappa shape index (κ1) is 17.4. The molecule has 0 saturated heterocycles. The third kappa shape index (κ3) is 6.76. The van der Waals surface area contributed by atoms with Crippen LogP contribution < -0.4 is 10.9 Å². The van der Waals surface area contributed by atoms with Crippen LogP contribution in [0, 0.1) is 0 Å². The highest BCUT2D eigenvalue weighted by molar-refractivity contribution is 7.99. The van der Waals surface area contributed by atoms with Crippen LogP contribution in [-0.4, -0.2) is 17.6 Å². The number of halogens is 1. The van der Waals surface area contributed by atoms with Gasteiger partial charge in [0.15, 0.2) is 0 Å². The van der Waals surface area contributed by atoms with E-state index in [-0.39, 0.29) is 18.2 Å². The molecule has 2 N–H and O–H groups in total. The van der Waals surface area contributed by atoms with Crippen molar-refractivity contribution in [3.05, 3.63) is 65.2 Å². The van der Waals surface area contributed by atoms with Gasteiger partial charge < -0.3 is 0 Å². The number of hydrazine groups is 1. The summed E-state index contributed by atoms with van der Waals surface area (Å²) in [7, 11) is 0. The molecule has 2 aromatic carbocycles. The highest BCUT2D eigenvalue weighted by atomic mass is 35.5. The average molecular weight is 349 g/mol. The van der Waals surface area contributed by atoms with Crippen molar-refractivity contribution in [3.8, 4) is 0 Å². The zero-order chi connectivity index (χ0) is 16.5. The van der Waals surface area contributed by atoms with Crippen LogP contribution in [0.25, 0.3) is 0 Å². The molecule has 0 aromatic heterocycles. The molecule has 0 aliphatic rings. The van der Waals surface area contributed by atoms with E-state index in [1.165, 1.54) is 0 Å². The summed E-state index contributed by atoms with van der Waals surface area (Å²) in [6, 6.07) is 16.9. The lowest BCUT2D eigenvalue weighted by Crippen LogP contribution is -2.42. The van der Waals surface area contributed by atoms with Crippen LogP contribution in [0.2, 0.25) is 5.02 Å². The van der Waals surface area contributed by atoms with E-state index in [4.69, 9.17) is 11.6 Å². The standard InChI is InChI=1S/C17H17ClN2O2S/c18-14-8-6-13(7-9-14)12-17(22)20-19-16(21)10-11-23-15-4-2-1-3-5-15/h1-9H,10-12H2,(H,19,21)(H,20,22). The minimum atomic E-state index is -0.267. The summed E-state index contributed by atoms with van der Waals surface area (Å²) < 4.78 is 0. The lowest BCUT2D eigenvalue weighted by Gasteiger charge is -2.07. The molecule has 2 amide bonds. The number of nitrogens with one attached hydrogen (secondary N) is 2. The molecule has 0 unspecified atom stereocenters. The number of carbonyl (C=O) groups excluding carboxylic acids is 2. The van der Waals surface area contributed by atoms with Crippen molar-refractivity contribution in [1.29, 1.82) is 0 Å². The lowest BCUT2D eigenvalue weighted by molar-refractivity contribution is -0.128. The van der Waals surface area contributed by atoms with Crippen molar-refractivity contribution in [1.82, 2.24) is 10.9 Å². The van der Waals surface area contributed by atoms with Crippen molar-refractivity contribution < 1.29 is 9.59 Å². The van der Waals surface area contributed by atoms with Gasteiger partial charge in [0.1, 0.15) is 0 Å². The molecule has 23 heavy (non-hydrogen) atoms. The van der Waals surface area contributed by atoms with Crippen LogP contribution in [0.1, 0.15) is 12.0 Å². The zero-order valence-corrected chi connectivity index (χ0v) is 14.0. The highest BCUT2D eigenvalue weighted by Gasteiger charge is 2.06. The van der Waals surface area contributed by atoms with Crippen LogP contribution in [0.3, 0.4) is 0 Å². The topological polar surface area (TPSA) is 58.2 Å². The van der Waals surface area contributed by atoms with Gasteiger partial charge in [-0.25, -0.2) is 0 Å². The van der Waals surface area contributed by atoms with Crippen LogP contribution in [0.4, 0.5) is 0 Å². The van der Waals surface area contributed by atoms with Crippen molar-refractivity contribution >= 4 is 35.2 Å². The Morgan fingerprint density at radius 1 is 0.913 bits per heavy atom. The predicted molar refractivity (Wildman–Crippen MR) is 93.2 cm³/mol. The van der Waals surface area contributed by atoms with Gasteiger partial charge in [-0.15, -0.1) is 11.8 Å². The number of benzene rings is 2. The molecule has 2 rings (SSSR count). The Morgan fingerprint density at radius 3 is 2.26 bits per heavy atom. The molecule has 0 aliphatic carbocycles. The summed E-state index contributed by atoms with van der Waals surface area (Å²) in [4.78, 5) is 24.5. The molecule has 0 radical (unpaired) electrons. The smallest absolute Gasteiger partial charge is 0.242 e. The molecule has 4 nitrogen and oxygen atoms in total. The van der Waals surface area contributed by atoms with Crippen molar-refractivity contribution in [2.75, 3.05) is 5.75 Å². The average Bonchev–Trinajstić information content (AvgIpc) is 2.56. The summed E-state index contributed by atoms with van der Waals surface area (Å²) in [5, 5.41) is 0.623. The number of hydrogen-bond acceptors (Lipinski definition) is 3. The fourth-order valence-corrected chi connectivity index (χ4v) is 2.81. The predicted octanol–water partition coefficient (Wildman–Crippen LogP) is 3.21. The summed E-state index contributed by atoms with van der Waals surface area (Å²) in [6.45, 7) is 0. The van der Waals surface area contributed by atoms with Gasteiger partial charge >= 0.3 is 0 Å². The van der Waals surface area contributed by atoms with Crippen molar-refractivity contribution in [2.45, 2.75) is 17.7 Å². The van der Waals surface area contributed by atoms with E-state index in [1.54, 1.807) is 36.0 Å². The van der Waals surface area contributed by atoms with Gasteiger partial charge in [0.2, 0.25) is 11.8 Å². The minimum Gasteiger partial charge on any atom is -0.273 e. The first-order valence-corrected chi connectivity index (χ1v) is 8.50. The maximum atomic E-state index is 11.7. The number of thioether (sulfide) groups is 1. The fourth-order valence-electron chi connectivity index (χ4n) is 1.81. The molecule has 0 atom stereocenters. The molecule has 0 fully saturated rings. The molecule has 0 heterocycles. The van der Waals surface area contributed by atoms with Crippen LogP contribution in [-0.2, 0) is 16.0 Å². The van der Waals surface area contributed by atoms with E-state index in [0.29, 0.717) is 17.2 Å². The first-order chi connectivity index (χ1) is 11.1. The molecule has 0 spiro atoms. The zero-order valence-electron chi connectivity index (χ0n) is 12.4. The summed E-state index contributed by atoms with van der Waals surface area (Å²) in [5.41, 5.74) is 5.67. The monoisotopic (exact) mass is 348 g/mol. The molecular weight excluding hydrogens is 332 g/mol. The van der Waals surface area contributed by atoms with Gasteiger partial charge in [-0.1, -0.05) is 41.9 Å². The normalized spacial score (nSPS) is 10.1. The minimum absolute atomic E-state index is 0.191. The van der Waals surface area contributed by atoms with Crippen LogP contribution in [0.5, 0.6) is 0 Å². The molecule has 0 bridgehead atoms. The molecule has 0 saturated carbocycles. The van der Waals surface area contributed by atoms with E-state index in [1.807, 2.05) is 30.3 Å². The van der Waals surface area contributed by atoms with Crippen molar-refractivity contribution in [3.63, 3.8) is 0 Å². The van der Waals surface area contributed by atoms with E-state index in [0.717, 1.165) is 10.5 Å². The second kappa shape index (κ2) is 9.22. The maximum absolute atomic E-state index is 11.7. The Kier molecular flexibility index (Phi) is 6.97. The Bertz CT molecular complexity index is 647. The van der Waals surface area contributed by atoms with E-state index in [2.05, 4.69) is 10.9 Å². The van der Waals surface area contributed by atoms with Gasteiger partial charge in [-0.2, -0.15) is 0 Å². The fraction of sp³-hybridized carbons (Fsp3) is 0.176. The number of carbonyl (C=O) groups is 2. The Morgan fingerprint density at radius 2 is 1.57 bits per heavy atom. The molecule has 6 heteroatoms. The quantitative estimate of drug-likeness (QED) is 0.622. The Hall–Kier alpha value is -1.98. The largest absolute Gasteiger partial charge is 0.273 e. The van der Waals surface area contributed by atoms with Gasteiger partial charge in [0.05, 0.1) is 6.42 Å². The second-order valence-electron chi connectivity index (χ2n) is 4.81. The Labute approximate surface area is 144 Å². The number of hydrogen-bond donors (Lipinski definition) is 2. The van der Waals surface area contributed by atoms with Gasteiger partial charge in [0.25, 0.3) is 0 Å². The van der Waals surface area contributed by atoms with Crippen LogP contribution in [0.15, 0.2) is 59.5 Å². The molecule has 2 aromatic rings. The highest BCUT2D eigenvalue weighted by Crippen LogP contribution is 2.17. The first-order valence-electron chi connectivity index (χ1n) is 7.13. The lowest BCUT2D eigenvalue weighted by atomic mass is 10.1. The summed E-state index contributed by atoms with van der Waals surface area (Å²) >= 11 is 7.39. The molecule has 0 aliphatic heterocycles. The molecular formula is C17H17ClN2O2S. The summed E-state index contributed by atoms with van der Waals surface area (Å²) in [6.07, 6.45) is 0.525. The number of amides is 2. The van der Waals surface area contributed by atoms with E-state index in [9.17, 15) is 9.59 Å². The summed E-state index contributed by atoms with van der Waals surface area (Å²) in [5.74, 6) is 0.178. The van der Waals surface area contributed by atoms with E-state index >= 15 is 0 Å². The third-order valence-electron chi connectivity index (χ3n) is 2.96. The maximum Gasteiger partial charge on any atom is 0.242 e. The number of rotatable bonds is 6. The third-order valence-corrected chi connectivity index (χ3v) is 4.23. The van der Waals surface area contributed by atoms with Gasteiger partial charge in [0, 0.05) is 22.1 Å². The molecule has 120 valence electrons. The van der Waals surface area contributed by atoms with Crippen LogP contribution >= 0.6 is 23.4 Å². The second-order valence-corrected chi connectivity index (χ2v) is 6.42.